The fourth-order valence-electron chi connectivity index (χ4n) is 3.98. The molecular weight excluding hydrogens is 313 g/mol. The van der Waals surface area contributed by atoms with Crippen molar-refractivity contribution in [2.24, 2.45) is 5.92 Å². The van der Waals surface area contributed by atoms with Crippen molar-refractivity contribution < 1.29 is 9.13 Å². The van der Waals surface area contributed by atoms with E-state index in [1.54, 1.807) is 12.1 Å². The van der Waals surface area contributed by atoms with Gasteiger partial charge in [-0.1, -0.05) is 11.6 Å². The van der Waals surface area contributed by atoms with Crippen molar-refractivity contribution >= 4 is 11.6 Å². The van der Waals surface area contributed by atoms with Gasteiger partial charge in [0.2, 0.25) is 0 Å². The molecule has 2 aliphatic rings. The SMILES string of the molecule is Fc1ccc(Cl)c([C@H]2CC[C@H](CCNC3CCOCC3)CC2)c1. The first-order chi connectivity index (χ1) is 11.2. The Kier molecular flexibility index (Phi) is 6.32. The molecule has 2 nitrogen and oxygen atoms in total. The molecule has 1 aliphatic carbocycles. The van der Waals surface area contributed by atoms with E-state index in [0.717, 1.165) is 61.9 Å². The number of hydrogen-bond donors (Lipinski definition) is 1. The van der Waals surface area contributed by atoms with E-state index in [1.807, 2.05) is 0 Å². The summed E-state index contributed by atoms with van der Waals surface area (Å²) in [6.07, 6.45) is 8.26. The average Bonchev–Trinajstić information content (AvgIpc) is 2.59. The first kappa shape index (κ1) is 17.2. The quantitative estimate of drug-likeness (QED) is 0.822. The van der Waals surface area contributed by atoms with Gasteiger partial charge in [0.05, 0.1) is 0 Å². The maximum atomic E-state index is 13.4. The number of halogens is 2. The smallest absolute Gasteiger partial charge is 0.123 e. The van der Waals surface area contributed by atoms with Crippen LogP contribution in [0, 0.1) is 11.7 Å². The molecule has 2 fully saturated rings. The molecule has 1 heterocycles. The minimum atomic E-state index is -0.174. The van der Waals surface area contributed by atoms with E-state index in [-0.39, 0.29) is 5.82 Å². The molecule has 0 amide bonds. The van der Waals surface area contributed by atoms with Gasteiger partial charge < -0.3 is 10.1 Å². The summed E-state index contributed by atoms with van der Waals surface area (Å²) >= 11 is 6.25. The van der Waals surface area contributed by atoms with E-state index in [2.05, 4.69) is 5.32 Å². The van der Waals surface area contributed by atoms with Crippen LogP contribution in [0.2, 0.25) is 5.02 Å². The van der Waals surface area contributed by atoms with Crippen LogP contribution in [0.5, 0.6) is 0 Å². The maximum Gasteiger partial charge on any atom is 0.123 e. The zero-order chi connectivity index (χ0) is 16.1. The molecule has 0 atom stereocenters. The van der Waals surface area contributed by atoms with Gasteiger partial charge in [-0.2, -0.15) is 0 Å². The standard InChI is InChI=1S/C19H27ClFNO/c20-19-6-5-16(21)13-18(19)15-3-1-14(2-4-15)7-10-22-17-8-11-23-12-9-17/h5-6,13-15,17,22H,1-4,7-12H2/t14-,15-. The van der Waals surface area contributed by atoms with E-state index >= 15 is 0 Å². The molecule has 1 aromatic carbocycles. The summed E-state index contributed by atoms with van der Waals surface area (Å²) in [5.74, 6) is 1.05. The van der Waals surface area contributed by atoms with Gasteiger partial charge in [-0.25, -0.2) is 4.39 Å². The van der Waals surface area contributed by atoms with Crippen molar-refractivity contribution in [2.45, 2.75) is 56.9 Å². The summed E-state index contributed by atoms with van der Waals surface area (Å²) in [5, 5.41) is 4.40. The van der Waals surface area contributed by atoms with Crippen molar-refractivity contribution in [2.75, 3.05) is 19.8 Å². The molecular formula is C19H27ClFNO. The minimum Gasteiger partial charge on any atom is -0.381 e. The first-order valence-electron chi connectivity index (χ1n) is 8.98. The van der Waals surface area contributed by atoms with Gasteiger partial charge in [-0.15, -0.1) is 0 Å². The first-order valence-corrected chi connectivity index (χ1v) is 9.36. The van der Waals surface area contributed by atoms with Crippen LogP contribution >= 0.6 is 11.6 Å². The molecule has 0 aromatic heterocycles. The third kappa shape index (κ3) is 4.91. The predicted octanol–water partition coefficient (Wildman–Crippen LogP) is 4.91. The van der Waals surface area contributed by atoms with E-state index in [0.29, 0.717) is 12.0 Å². The molecule has 1 saturated carbocycles. The Morgan fingerprint density at radius 3 is 2.57 bits per heavy atom. The van der Waals surface area contributed by atoms with Gasteiger partial charge in [0.25, 0.3) is 0 Å². The van der Waals surface area contributed by atoms with Crippen molar-refractivity contribution in [3.05, 3.63) is 34.6 Å². The van der Waals surface area contributed by atoms with Crippen LogP contribution in [-0.2, 0) is 4.74 Å². The molecule has 1 aromatic rings. The fraction of sp³-hybridized carbons (Fsp3) is 0.684. The maximum absolute atomic E-state index is 13.4. The van der Waals surface area contributed by atoms with E-state index < -0.39 is 0 Å². The molecule has 4 heteroatoms. The fourth-order valence-corrected chi connectivity index (χ4v) is 4.25. The molecule has 128 valence electrons. The number of ether oxygens (including phenoxy) is 1. The second-order valence-corrected chi connectivity index (χ2v) is 7.42. The highest BCUT2D eigenvalue weighted by Crippen LogP contribution is 2.39. The molecule has 0 unspecified atom stereocenters. The molecule has 0 radical (unpaired) electrons. The van der Waals surface area contributed by atoms with Gasteiger partial charge >= 0.3 is 0 Å². The van der Waals surface area contributed by atoms with E-state index in [9.17, 15) is 4.39 Å². The third-order valence-electron chi connectivity index (χ3n) is 5.45. The van der Waals surface area contributed by atoms with Crippen LogP contribution in [0.25, 0.3) is 0 Å². The highest BCUT2D eigenvalue weighted by molar-refractivity contribution is 6.31. The predicted molar refractivity (Wildman–Crippen MR) is 92.6 cm³/mol. The summed E-state index contributed by atoms with van der Waals surface area (Å²) in [6.45, 7) is 2.91. The van der Waals surface area contributed by atoms with E-state index in [1.165, 1.54) is 25.3 Å². The Morgan fingerprint density at radius 1 is 1.09 bits per heavy atom. The van der Waals surface area contributed by atoms with Crippen LogP contribution in [0.3, 0.4) is 0 Å². The van der Waals surface area contributed by atoms with Crippen LogP contribution in [-0.4, -0.2) is 25.8 Å². The molecule has 23 heavy (non-hydrogen) atoms. The largest absolute Gasteiger partial charge is 0.381 e. The summed E-state index contributed by atoms with van der Waals surface area (Å²) in [4.78, 5) is 0. The lowest BCUT2D eigenvalue weighted by molar-refractivity contribution is 0.0775. The number of rotatable bonds is 5. The lowest BCUT2D eigenvalue weighted by atomic mass is 9.77. The van der Waals surface area contributed by atoms with Gasteiger partial charge in [0.15, 0.2) is 0 Å². The molecule has 3 rings (SSSR count). The highest BCUT2D eigenvalue weighted by atomic mass is 35.5. The molecule has 1 N–H and O–H groups in total. The Balaban J connectivity index is 1.40. The Hall–Kier alpha value is -0.640. The zero-order valence-electron chi connectivity index (χ0n) is 13.7. The van der Waals surface area contributed by atoms with Crippen LogP contribution < -0.4 is 5.32 Å². The summed E-state index contributed by atoms with van der Waals surface area (Å²) < 4.78 is 18.8. The van der Waals surface area contributed by atoms with Crippen molar-refractivity contribution in [1.82, 2.24) is 5.32 Å². The summed E-state index contributed by atoms with van der Waals surface area (Å²) in [6, 6.07) is 5.40. The van der Waals surface area contributed by atoms with Gasteiger partial charge in [-0.05, 0) is 87.1 Å². The number of nitrogens with one attached hydrogen (secondary N) is 1. The molecule has 1 aliphatic heterocycles. The summed E-state index contributed by atoms with van der Waals surface area (Å²) in [7, 11) is 0. The van der Waals surface area contributed by atoms with Crippen molar-refractivity contribution in [3.63, 3.8) is 0 Å². The van der Waals surface area contributed by atoms with Crippen LogP contribution in [0.1, 0.15) is 56.4 Å². The van der Waals surface area contributed by atoms with Crippen LogP contribution in [0.15, 0.2) is 18.2 Å². The second-order valence-electron chi connectivity index (χ2n) is 7.01. The van der Waals surface area contributed by atoms with Gasteiger partial charge in [0, 0.05) is 24.3 Å². The van der Waals surface area contributed by atoms with Gasteiger partial charge in [0.1, 0.15) is 5.82 Å². The Bertz CT molecular complexity index is 496. The lowest BCUT2D eigenvalue weighted by Crippen LogP contribution is -2.36. The summed E-state index contributed by atoms with van der Waals surface area (Å²) in [5.41, 5.74) is 1.01. The normalized spacial score (nSPS) is 26.3. The number of benzene rings is 1. The average molecular weight is 340 g/mol. The second kappa shape index (κ2) is 8.46. The molecule has 0 bridgehead atoms. The zero-order valence-corrected chi connectivity index (χ0v) is 14.5. The topological polar surface area (TPSA) is 21.3 Å². The Labute approximate surface area is 143 Å². The van der Waals surface area contributed by atoms with Crippen LogP contribution in [0.4, 0.5) is 4.39 Å². The number of hydrogen-bond acceptors (Lipinski definition) is 2. The van der Waals surface area contributed by atoms with Crippen molar-refractivity contribution in [3.8, 4) is 0 Å². The third-order valence-corrected chi connectivity index (χ3v) is 5.80. The lowest BCUT2D eigenvalue weighted by Gasteiger charge is -2.30. The van der Waals surface area contributed by atoms with E-state index in [4.69, 9.17) is 16.3 Å². The minimum absolute atomic E-state index is 0.174. The van der Waals surface area contributed by atoms with Crippen molar-refractivity contribution in [1.29, 1.82) is 0 Å². The Morgan fingerprint density at radius 2 is 1.83 bits per heavy atom. The monoisotopic (exact) mass is 339 g/mol. The molecule has 1 saturated heterocycles. The molecule has 0 spiro atoms. The highest BCUT2D eigenvalue weighted by Gasteiger charge is 2.24. The van der Waals surface area contributed by atoms with Gasteiger partial charge in [-0.3, -0.25) is 0 Å².